The van der Waals surface area contributed by atoms with Crippen LogP contribution in [0.2, 0.25) is 0 Å². The molecule has 30 heavy (non-hydrogen) atoms. The van der Waals surface area contributed by atoms with Crippen LogP contribution in [0.3, 0.4) is 0 Å². The fourth-order valence-corrected chi connectivity index (χ4v) is 4.95. The van der Waals surface area contributed by atoms with Crippen LogP contribution in [-0.4, -0.2) is 26.4 Å². The van der Waals surface area contributed by atoms with Gasteiger partial charge in [0.2, 0.25) is 5.91 Å². The van der Waals surface area contributed by atoms with Gasteiger partial charge >= 0.3 is 0 Å². The van der Waals surface area contributed by atoms with Crippen molar-refractivity contribution in [2.75, 3.05) is 5.75 Å². The molecule has 0 aliphatic heterocycles. The molecule has 2 aliphatic carbocycles. The number of hydrogen-bond donors (Lipinski definition) is 1. The topological polar surface area (TPSA) is 59.8 Å². The van der Waals surface area contributed by atoms with E-state index in [-0.39, 0.29) is 29.6 Å². The van der Waals surface area contributed by atoms with Crippen LogP contribution < -0.4 is 5.32 Å². The second-order valence-electron chi connectivity index (χ2n) is 7.89. The van der Waals surface area contributed by atoms with Gasteiger partial charge in [-0.15, -0.1) is 10.2 Å². The molecule has 1 atom stereocenters. The minimum absolute atomic E-state index is 0.0144. The van der Waals surface area contributed by atoms with Gasteiger partial charge in [-0.1, -0.05) is 48.2 Å². The van der Waals surface area contributed by atoms with E-state index >= 15 is 0 Å². The Morgan fingerprint density at radius 1 is 1.10 bits per heavy atom. The number of hydrogen-bond acceptors (Lipinski definition) is 4. The Morgan fingerprint density at radius 3 is 2.73 bits per heavy atom. The lowest BCUT2D eigenvalue weighted by Gasteiger charge is -2.26. The Labute approximate surface area is 179 Å². The summed E-state index contributed by atoms with van der Waals surface area (Å²) in [5.74, 6) is 0.483. The molecule has 1 saturated carbocycles. The van der Waals surface area contributed by atoms with Crippen LogP contribution in [0.4, 0.5) is 4.39 Å². The Balaban J connectivity index is 1.29. The number of nitrogens with one attached hydrogen (secondary N) is 1. The van der Waals surface area contributed by atoms with Crippen LogP contribution in [0.15, 0.2) is 53.7 Å². The Hall–Kier alpha value is -2.67. The predicted molar refractivity (Wildman–Crippen MR) is 115 cm³/mol. The first kappa shape index (κ1) is 19.3. The number of halogens is 1. The average molecular weight is 423 g/mol. The summed E-state index contributed by atoms with van der Waals surface area (Å²) >= 11 is 1.37. The molecule has 5 nitrogen and oxygen atoms in total. The molecule has 154 valence electrons. The molecule has 1 amide bonds. The molecule has 2 aliphatic rings. The van der Waals surface area contributed by atoms with Gasteiger partial charge in [-0.2, -0.15) is 0 Å². The molecule has 3 aromatic rings. The smallest absolute Gasteiger partial charge is 0.230 e. The summed E-state index contributed by atoms with van der Waals surface area (Å²) in [5, 5.41) is 12.4. The van der Waals surface area contributed by atoms with Crippen molar-refractivity contribution >= 4 is 17.7 Å². The van der Waals surface area contributed by atoms with E-state index in [0.717, 1.165) is 32.1 Å². The Morgan fingerprint density at radius 2 is 1.90 bits per heavy atom. The van der Waals surface area contributed by atoms with Crippen LogP contribution in [0.25, 0.3) is 11.4 Å². The maximum Gasteiger partial charge on any atom is 0.230 e. The molecule has 0 spiro atoms. The lowest BCUT2D eigenvalue weighted by Crippen LogP contribution is -2.32. The van der Waals surface area contributed by atoms with E-state index in [1.54, 1.807) is 18.2 Å². The standard InChI is InChI=1S/C23H23FN4OS/c24-19-10-4-3-9-18(19)22-26-27-23(28(22)16-12-13-16)30-14-21(29)25-20-11-5-7-15-6-1-2-8-17(15)20/h1-4,6,8-10,16,20H,5,7,11-14H2,(H,25,29). The fourth-order valence-electron chi connectivity index (χ4n) is 4.13. The third-order valence-corrected chi connectivity index (χ3v) is 6.67. The number of aryl methyl sites for hydroxylation is 1. The number of carbonyl (C=O) groups is 1. The van der Waals surface area contributed by atoms with Crippen LogP contribution >= 0.6 is 11.8 Å². The molecule has 1 fully saturated rings. The van der Waals surface area contributed by atoms with Crippen LogP contribution in [0.1, 0.15) is 48.9 Å². The van der Waals surface area contributed by atoms with Crippen molar-refractivity contribution in [3.05, 3.63) is 65.5 Å². The number of aromatic nitrogens is 3. The van der Waals surface area contributed by atoms with Gasteiger partial charge in [-0.3, -0.25) is 9.36 Å². The Bertz CT molecular complexity index is 1080. The molecule has 0 radical (unpaired) electrons. The van der Waals surface area contributed by atoms with Crippen LogP contribution in [-0.2, 0) is 11.2 Å². The van der Waals surface area contributed by atoms with E-state index in [2.05, 4.69) is 33.7 Å². The largest absolute Gasteiger partial charge is 0.349 e. The first-order chi connectivity index (χ1) is 14.7. The summed E-state index contributed by atoms with van der Waals surface area (Å²) in [6.45, 7) is 0. The first-order valence-corrected chi connectivity index (χ1v) is 11.4. The van der Waals surface area contributed by atoms with Crippen molar-refractivity contribution in [1.82, 2.24) is 20.1 Å². The number of nitrogens with zero attached hydrogens (tertiary/aromatic N) is 3. The van der Waals surface area contributed by atoms with Gasteiger partial charge in [0.25, 0.3) is 0 Å². The average Bonchev–Trinajstić information content (AvgIpc) is 3.52. The molecule has 0 bridgehead atoms. The number of rotatable bonds is 6. The summed E-state index contributed by atoms with van der Waals surface area (Å²) in [4.78, 5) is 12.7. The summed E-state index contributed by atoms with van der Waals surface area (Å²) in [7, 11) is 0. The lowest BCUT2D eigenvalue weighted by atomic mass is 9.88. The second-order valence-corrected chi connectivity index (χ2v) is 8.83. The molecule has 0 saturated heterocycles. The fraction of sp³-hybridized carbons (Fsp3) is 0.348. The molecule has 2 aromatic carbocycles. The predicted octanol–water partition coefficient (Wildman–Crippen LogP) is 4.71. The van der Waals surface area contributed by atoms with Gasteiger partial charge in [0.1, 0.15) is 5.82 Å². The highest BCUT2D eigenvalue weighted by Gasteiger charge is 2.31. The first-order valence-electron chi connectivity index (χ1n) is 10.4. The molecule has 1 aromatic heterocycles. The zero-order valence-corrected chi connectivity index (χ0v) is 17.4. The number of carbonyl (C=O) groups excluding carboxylic acids is 1. The van der Waals surface area contributed by atoms with Crippen molar-refractivity contribution in [1.29, 1.82) is 0 Å². The van der Waals surface area contributed by atoms with Crippen molar-refractivity contribution in [2.24, 2.45) is 0 Å². The third kappa shape index (κ3) is 3.86. The molecule has 1 heterocycles. The summed E-state index contributed by atoms with van der Waals surface area (Å²) in [6.07, 6.45) is 5.16. The number of amides is 1. The van der Waals surface area contributed by atoms with Gasteiger partial charge in [-0.05, 0) is 55.4 Å². The van der Waals surface area contributed by atoms with Crippen LogP contribution in [0.5, 0.6) is 0 Å². The van der Waals surface area contributed by atoms with Gasteiger partial charge < -0.3 is 5.32 Å². The zero-order chi connectivity index (χ0) is 20.5. The minimum Gasteiger partial charge on any atom is -0.349 e. The second kappa shape index (κ2) is 8.22. The molecular weight excluding hydrogens is 399 g/mol. The maximum absolute atomic E-state index is 14.3. The normalized spacial score (nSPS) is 18.1. The summed E-state index contributed by atoms with van der Waals surface area (Å²) in [6, 6.07) is 15.3. The van der Waals surface area contributed by atoms with E-state index in [1.165, 1.54) is 29.0 Å². The van der Waals surface area contributed by atoms with E-state index in [0.29, 0.717) is 16.5 Å². The van der Waals surface area contributed by atoms with Gasteiger partial charge in [0, 0.05) is 6.04 Å². The highest BCUT2D eigenvalue weighted by atomic mass is 32.2. The van der Waals surface area contributed by atoms with E-state index in [9.17, 15) is 9.18 Å². The van der Waals surface area contributed by atoms with Gasteiger partial charge in [0.15, 0.2) is 11.0 Å². The van der Waals surface area contributed by atoms with Crippen molar-refractivity contribution in [3.8, 4) is 11.4 Å². The lowest BCUT2D eigenvalue weighted by molar-refractivity contribution is -0.119. The van der Waals surface area contributed by atoms with Crippen molar-refractivity contribution in [3.63, 3.8) is 0 Å². The molecule has 5 rings (SSSR count). The van der Waals surface area contributed by atoms with E-state index in [4.69, 9.17) is 0 Å². The molecule has 7 heteroatoms. The van der Waals surface area contributed by atoms with Crippen molar-refractivity contribution in [2.45, 2.75) is 49.3 Å². The van der Waals surface area contributed by atoms with Crippen LogP contribution in [0, 0.1) is 5.82 Å². The minimum atomic E-state index is -0.308. The monoisotopic (exact) mass is 422 g/mol. The molecular formula is C23H23FN4OS. The van der Waals surface area contributed by atoms with E-state index in [1.807, 2.05) is 10.6 Å². The van der Waals surface area contributed by atoms with Gasteiger partial charge in [0.05, 0.1) is 17.4 Å². The molecule has 1 unspecified atom stereocenters. The molecule has 1 N–H and O–H groups in total. The number of fused-ring (bicyclic) bond motifs is 1. The number of thioether (sulfide) groups is 1. The quantitative estimate of drug-likeness (QED) is 0.585. The summed E-state index contributed by atoms with van der Waals surface area (Å²) in [5.41, 5.74) is 3.00. The SMILES string of the molecule is O=C(CSc1nnc(-c2ccccc2F)n1C1CC1)NC1CCCc2ccccc21. The Kier molecular flexibility index (Phi) is 5.29. The third-order valence-electron chi connectivity index (χ3n) is 5.73. The zero-order valence-electron chi connectivity index (χ0n) is 16.6. The number of benzene rings is 2. The van der Waals surface area contributed by atoms with Gasteiger partial charge in [-0.25, -0.2) is 4.39 Å². The highest BCUT2D eigenvalue weighted by molar-refractivity contribution is 7.99. The van der Waals surface area contributed by atoms with E-state index < -0.39 is 0 Å². The highest BCUT2D eigenvalue weighted by Crippen LogP contribution is 2.41. The van der Waals surface area contributed by atoms with Crippen molar-refractivity contribution < 1.29 is 9.18 Å². The summed E-state index contributed by atoms with van der Waals surface area (Å²) < 4.78 is 16.3. The maximum atomic E-state index is 14.3.